The average molecular weight is 273 g/mol. The number of nitrogens with one attached hydrogen (secondary N) is 1. The van der Waals surface area contributed by atoms with Crippen molar-refractivity contribution in [2.75, 3.05) is 0 Å². The second-order valence-electron chi connectivity index (χ2n) is 5.05. The van der Waals surface area contributed by atoms with Gasteiger partial charge in [0.05, 0.1) is 0 Å². The topological polar surface area (TPSA) is 21.3 Å². The van der Waals surface area contributed by atoms with Crippen molar-refractivity contribution in [1.29, 1.82) is 0 Å². The van der Waals surface area contributed by atoms with E-state index in [1.165, 1.54) is 18.9 Å². The monoisotopic (exact) mass is 273 g/mol. The summed E-state index contributed by atoms with van der Waals surface area (Å²) in [7, 11) is 0. The lowest BCUT2D eigenvalue weighted by atomic mass is 10.1. The third-order valence-electron chi connectivity index (χ3n) is 3.61. The molecule has 1 aromatic rings. The number of para-hydroxylation sites is 1. The van der Waals surface area contributed by atoms with Crippen molar-refractivity contribution in [3.8, 4) is 5.75 Å². The lowest BCUT2D eigenvalue weighted by Crippen LogP contribution is -2.31. The van der Waals surface area contributed by atoms with Crippen molar-refractivity contribution in [1.82, 2.24) is 5.32 Å². The highest BCUT2D eigenvalue weighted by atomic mass is 19.4. The molecular weight excluding hydrogens is 255 g/mol. The molecule has 5 heteroatoms. The van der Waals surface area contributed by atoms with Gasteiger partial charge in [-0.05, 0) is 24.8 Å². The maximum absolute atomic E-state index is 12.3. The fourth-order valence-corrected chi connectivity index (χ4v) is 2.56. The van der Waals surface area contributed by atoms with E-state index < -0.39 is 6.36 Å². The van der Waals surface area contributed by atoms with Crippen LogP contribution in [0, 0.1) is 5.92 Å². The maximum Gasteiger partial charge on any atom is 0.573 e. The Morgan fingerprint density at radius 3 is 2.63 bits per heavy atom. The zero-order valence-electron chi connectivity index (χ0n) is 10.8. The van der Waals surface area contributed by atoms with Gasteiger partial charge in [0.15, 0.2) is 0 Å². The molecule has 2 rings (SSSR count). The summed E-state index contributed by atoms with van der Waals surface area (Å²) in [5, 5.41) is 3.33. The van der Waals surface area contributed by atoms with Gasteiger partial charge in [-0.2, -0.15) is 0 Å². The Hall–Kier alpha value is -1.23. The van der Waals surface area contributed by atoms with Gasteiger partial charge in [0.25, 0.3) is 0 Å². The van der Waals surface area contributed by atoms with Gasteiger partial charge in [0.1, 0.15) is 5.75 Å². The fraction of sp³-hybridized carbons (Fsp3) is 0.571. The van der Waals surface area contributed by atoms with E-state index >= 15 is 0 Å². The molecular formula is C14H18F3NO. The largest absolute Gasteiger partial charge is 0.573 e. The first-order valence-corrected chi connectivity index (χ1v) is 6.53. The minimum Gasteiger partial charge on any atom is -0.405 e. The first kappa shape index (κ1) is 14.2. The highest BCUT2D eigenvalue weighted by molar-refractivity contribution is 5.33. The van der Waals surface area contributed by atoms with Crippen LogP contribution in [0.5, 0.6) is 5.75 Å². The van der Waals surface area contributed by atoms with E-state index in [1.54, 1.807) is 18.2 Å². The lowest BCUT2D eigenvalue weighted by molar-refractivity contribution is -0.274. The molecule has 0 radical (unpaired) electrons. The molecule has 1 N–H and O–H groups in total. The van der Waals surface area contributed by atoms with Crippen molar-refractivity contribution in [2.45, 2.75) is 45.1 Å². The van der Waals surface area contributed by atoms with E-state index in [1.807, 2.05) is 0 Å². The molecule has 1 fully saturated rings. The first-order valence-electron chi connectivity index (χ1n) is 6.53. The molecule has 0 amide bonds. The van der Waals surface area contributed by atoms with Crippen molar-refractivity contribution in [3.05, 3.63) is 29.8 Å². The normalized spacial score (nSPS) is 23.6. The molecule has 2 nitrogen and oxygen atoms in total. The molecule has 2 unspecified atom stereocenters. The van der Waals surface area contributed by atoms with Crippen LogP contribution in [0.4, 0.5) is 13.2 Å². The predicted molar refractivity (Wildman–Crippen MR) is 66.8 cm³/mol. The molecule has 0 saturated heterocycles. The van der Waals surface area contributed by atoms with Crippen LogP contribution >= 0.6 is 0 Å². The molecule has 1 aromatic carbocycles. The first-order chi connectivity index (χ1) is 8.96. The summed E-state index contributed by atoms with van der Waals surface area (Å²) in [6, 6.07) is 6.66. The lowest BCUT2D eigenvalue weighted by Gasteiger charge is -2.19. The van der Waals surface area contributed by atoms with Gasteiger partial charge in [-0.1, -0.05) is 31.5 Å². The summed E-state index contributed by atoms with van der Waals surface area (Å²) < 4.78 is 40.9. The van der Waals surface area contributed by atoms with Gasteiger partial charge >= 0.3 is 6.36 Å². The number of halogens is 3. The van der Waals surface area contributed by atoms with Crippen molar-refractivity contribution >= 4 is 0 Å². The Bertz CT molecular complexity index is 419. The number of ether oxygens (including phenoxy) is 1. The van der Waals surface area contributed by atoms with E-state index in [0.29, 0.717) is 24.1 Å². The van der Waals surface area contributed by atoms with Gasteiger partial charge in [-0.15, -0.1) is 13.2 Å². The Kier molecular flexibility index (Phi) is 4.34. The summed E-state index contributed by atoms with van der Waals surface area (Å²) in [6.45, 7) is 2.57. The summed E-state index contributed by atoms with van der Waals surface area (Å²) in [4.78, 5) is 0. The predicted octanol–water partition coefficient (Wildman–Crippen LogP) is 3.86. The summed E-state index contributed by atoms with van der Waals surface area (Å²) >= 11 is 0. The Labute approximate surface area is 111 Å². The number of benzene rings is 1. The number of hydrogen-bond donors (Lipinski definition) is 1. The molecule has 106 valence electrons. The minimum absolute atomic E-state index is 0.117. The Morgan fingerprint density at radius 2 is 2.00 bits per heavy atom. The molecule has 2 atom stereocenters. The molecule has 1 aliphatic rings. The standard InChI is InChI=1S/C14H18F3NO/c1-10-5-4-7-12(10)18-9-11-6-2-3-8-13(11)19-14(15,16)17/h2-3,6,8,10,12,18H,4-5,7,9H2,1H3. The molecule has 0 aliphatic heterocycles. The third-order valence-corrected chi connectivity index (χ3v) is 3.61. The summed E-state index contributed by atoms with van der Waals surface area (Å²) in [6.07, 6.45) is -1.20. The number of alkyl halides is 3. The molecule has 19 heavy (non-hydrogen) atoms. The van der Waals surface area contributed by atoms with E-state index in [0.717, 1.165) is 6.42 Å². The summed E-state index contributed by atoms with van der Waals surface area (Å²) in [5.41, 5.74) is 0.541. The van der Waals surface area contributed by atoms with Crippen molar-refractivity contribution in [2.24, 2.45) is 5.92 Å². The van der Waals surface area contributed by atoms with Crippen LogP contribution in [-0.4, -0.2) is 12.4 Å². The zero-order valence-corrected chi connectivity index (χ0v) is 10.8. The second-order valence-corrected chi connectivity index (χ2v) is 5.05. The zero-order chi connectivity index (χ0) is 13.9. The molecule has 1 saturated carbocycles. The van der Waals surface area contributed by atoms with E-state index in [-0.39, 0.29) is 5.75 Å². The fourth-order valence-electron chi connectivity index (χ4n) is 2.56. The van der Waals surface area contributed by atoms with Crippen LogP contribution in [0.15, 0.2) is 24.3 Å². The van der Waals surface area contributed by atoms with E-state index in [2.05, 4.69) is 17.0 Å². The smallest absolute Gasteiger partial charge is 0.405 e. The van der Waals surface area contributed by atoms with Gasteiger partial charge in [-0.25, -0.2) is 0 Å². The molecule has 0 bridgehead atoms. The highest BCUT2D eigenvalue weighted by Gasteiger charge is 2.32. The Morgan fingerprint density at radius 1 is 1.26 bits per heavy atom. The Balaban J connectivity index is 1.99. The minimum atomic E-state index is -4.64. The van der Waals surface area contributed by atoms with Crippen LogP contribution < -0.4 is 10.1 Å². The SMILES string of the molecule is CC1CCCC1NCc1ccccc1OC(F)(F)F. The van der Waals surface area contributed by atoms with Crippen LogP contribution in [0.1, 0.15) is 31.7 Å². The molecule has 0 spiro atoms. The van der Waals surface area contributed by atoms with Crippen LogP contribution in [0.25, 0.3) is 0 Å². The summed E-state index contributed by atoms with van der Waals surface area (Å²) in [5.74, 6) is 0.462. The van der Waals surface area contributed by atoms with Crippen LogP contribution in [-0.2, 0) is 6.54 Å². The van der Waals surface area contributed by atoms with Crippen LogP contribution in [0.3, 0.4) is 0 Å². The maximum atomic E-state index is 12.3. The average Bonchev–Trinajstić information content (AvgIpc) is 2.72. The third kappa shape index (κ3) is 4.13. The van der Waals surface area contributed by atoms with Crippen molar-refractivity contribution < 1.29 is 17.9 Å². The number of hydrogen-bond acceptors (Lipinski definition) is 2. The van der Waals surface area contributed by atoms with E-state index in [4.69, 9.17) is 0 Å². The van der Waals surface area contributed by atoms with Crippen molar-refractivity contribution in [3.63, 3.8) is 0 Å². The second kappa shape index (κ2) is 5.82. The number of rotatable bonds is 4. The quantitative estimate of drug-likeness (QED) is 0.899. The van der Waals surface area contributed by atoms with Gasteiger partial charge < -0.3 is 10.1 Å². The van der Waals surface area contributed by atoms with Gasteiger partial charge in [0, 0.05) is 18.2 Å². The molecule has 0 heterocycles. The highest BCUT2D eigenvalue weighted by Crippen LogP contribution is 2.28. The van der Waals surface area contributed by atoms with E-state index in [9.17, 15) is 13.2 Å². The van der Waals surface area contributed by atoms with Crippen LogP contribution in [0.2, 0.25) is 0 Å². The molecule has 0 aromatic heterocycles. The van der Waals surface area contributed by atoms with Gasteiger partial charge in [0.2, 0.25) is 0 Å². The van der Waals surface area contributed by atoms with Gasteiger partial charge in [-0.3, -0.25) is 0 Å². The molecule has 1 aliphatic carbocycles.